The van der Waals surface area contributed by atoms with Crippen LogP contribution in [-0.2, 0) is 0 Å². The Labute approximate surface area is 80.3 Å². The molecule has 0 aromatic heterocycles. The molecule has 72 valence electrons. The highest BCUT2D eigenvalue weighted by Crippen LogP contribution is 2.15. The number of likely N-dealkylation sites (tertiary alicyclic amines) is 1. The van der Waals surface area contributed by atoms with Crippen LogP contribution >= 0.6 is 11.8 Å². The molecule has 0 aromatic rings. The number of hydrogen-bond donors (Lipinski definition) is 0. The van der Waals surface area contributed by atoms with Crippen LogP contribution in [0.5, 0.6) is 0 Å². The largest absolute Gasteiger partial charge is 0.306 e. The minimum absolute atomic E-state index is 0.822. The van der Waals surface area contributed by atoms with Gasteiger partial charge in [-0.2, -0.15) is 0 Å². The second kappa shape index (κ2) is 5.10. The van der Waals surface area contributed by atoms with E-state index in [1.807, 2.05) is 11.8 Å². The molecule has 12 heavy (non-hydrogen) atoms. The number of nitrogens with zero attached hydrogens (tertiary/aromatic N) is 2. The summed E-state index contributed by atoms with van der Waals surface area (Å²) < 4.78 is 0. The summed E-state index contributed by atoms with van der Waals surface area (Å²) in [7, 11) is 4.38. The van der Waals surface area contributed by atoms with Gasteiger partial charge in [0, 0.05) is 25.0 Å². The maximum absolute atomic E-state index is 2.55. The molecule has 1 saturated heterocycles. The van der Waals surface area contributed by atoms with E-state index in [-0.39, 0.29) is 0 Å². The Bertz CT molecular complexity index is 120. The molecule has 0 radical (unpaired) electrons. The quantitative estimate of drug-likeness (QED) is 0.660. The van der Waals surface area contributed by atoms with E-state index in [1.54, 1.807) is 0 Å². The van der Waals surface area contributed by atoms with Gasteiger partial charge in [-0.05, 0) is 33.2 Å². The predicted molar refractivity (Wildman–Crippen MR) is 56.7 cm³/mol. The zero-order chi connectivity index (χ0) is 8.97. The van der Waals surface area contributed by atoms with Crippen molar-refractivity contribution in [3.8, 4) is 0 Å². The smallest absolute Gasteiger partial charge is 0.0441 e. The lowest BCUT2D eigenvalue weighted by Gasteiger charge is -2.34. The molecule has 0 N–H and O–H groups in total. The summed E-state index contributed by atoms with van der Waals surface area (Å²) in [6, 6.07) is 0.822. The maximum Gasteiger partial charge on any atom is 0.0441 e. The molecule has 0 atom stereocenters. The lowest BCUT2D eigenvalue weighted by molar-refractivity contribution is 0.161. The van der Waals surface area contributed by atoms with Crippen LogP contribution in [0.3, 0.4) is 0 Å². The number of thioether (sulfide) groups is 1. The SMILES string of the molecule is CSCN1CCC(N(C)C)CC1. The van der Waals surface area contributed by atoms with Gasteiger partial charge in [-0.3, -0.25) is 4.90 Å². The summed E-state index contributed by atoms with van der Waals surface area (Å²) in [5.41, 5.74) is 0. The van der Waals surface area contributed by atoms with Crippen LogP contribution in [0, 0.1) is 0 Å². The molecule has 1 heterocycles. The molecule has 0 spiro atoms. The second-order valence-electron chi connectivity index (χ2n) is 3.73. The normalized spacial score (nSPS) is 22.0. The van der Waals surface area contributed by atoms with Crippen molar-refractivity contribution in [3.63, 3.8) is 0 Å². The van der Waals surface area contributed by atoms with Gasteiger partial charge >= 0.3 is 0 Å². The molecule has 0 unspecified atom stereocenters. The molecule has 1 aliphatic heterocycles. The fourth-order valence-corrected chi connectivity index (χ4v) is 2.37. The average Bonchev–Trinajstić information content (AvgIpc) is 2.06. The van der Waals surface area contributed by atoms with Crippen molar-refractivity contribution in [2.45, 2.75) is 18.9 Å². The lowest BCUT2D eigenvalue weighted by atomic mass is 10.1. The summed E-state index contributed by atoms with van der Waals surface area (Å²) in [5.74, 6) is 1.21. The first-order chi connectivity index (χ1) is 5.74. The van der Waals surface area contributed by atoms with Crippen molar-refractivity contribution in [2.75, 3.05) is 39.3 Å². The van der Waals surface area contributed by atoms with Gasteiger partial charge in [0.15, 0.2) is 0 Å². The van der Waals surface area contributed by atoms with Crippen LogP contribution in [0.4, 0.5) is 0 Å². The highest BCUT2D eigenvalue weighted by atomic mass is 32.2. The lowest BCUT2D eigenvalue weighted by Crippen LogP contribution is -2.41. The third-order valence-corrected chi connectivity index (χ3v) is 3.22. The standard InChI is InChI=1S/C9H20N2S/c1-10(2)9-4-6-11(7-5-9)8-12-3/h9H,4-8H2,1-3H3. The summed E-state index contributed by atoms with van der Waals surface area (Å²) in [6.45, 7) is 2.56. The third-order valence-electron chi connectivity index (χ3n) is 2.60. The van der Waals surface area contributed by atoms with Crippen molar-refractivity contribution in [3.05, 3.63) is 0 Å². The van der Waals surface area contributed by atoms with Crippen LogP contribution in [0.2, 0.25) is 0 Å². The molecule has 2 nitrogen and oxygen atoms in total. The highest BCUT2D eigenvalue weighted by molar-refractivity contribution is 7.98. The van der Waals surface area contributed by atoms with Gasteiger partial charge in [0.1, 0.15) is 0 Å². The van der Waals surface area contributed by atoms with E-state index >= 15 is 0 Å². The minimum atomic E-state index is 0.822. The number of hydrogen-bond acceptors (Lipinski definition) is 3. The molecule has 0 saturated carbocycles. The Hall–Kier alpha value is 0.270. The molecule has 0 aliphatic carbocycles. The van der Waals surface area contributed by atoms with E-state index < -0.39 is 0 Å². The van der Waals surface area contributed by atoms with Gasteiger partial charge in [-0.15, -0.1) is 11.8 Å². The summed E-state index contributed by atoms with van der Waals surface area (Å²) in [4.78, 5) is 4.90. The Kier molecular flexibility index (Phi) is 4.40. The zero-order valence-electron chi connectivity index (χ0n) is 8.42. The molecular formula is C9H20N2S. The van der Waals surface area contributed by atoms with Gasteiger partial charge in [0.25, 0.3) is 0 Å². The van der Waals surface area contributed by atoms with Crippen LogP contribution in [0.1, 0.15) is 12.8 Å². The number of piperidine rings is 1. The monoisotopic (exact) mass is 188 g/mol. The maximum atomic E-state index is 2.55. The molecule has 0 amide bonds. The fourth-order valence-electron chi connectivity index (χ4n) is 1.75. The van der Waals surface area contributed by atoms with E-state index in [9.17, 15) is 0 Å². The summed E-state index contributed by atoms with van der Waals surface area (Å²) in [6.07, 6.45) is 4.86. The Morgan fingerprint density at radius 3 is 2.33 bits per heavy atom. The van der Waals surface area contributed by atoms with Crippen molar-refractivity contribution in [1.82, 2.24) is 9.80 Å². The molecule has 1 rings (SSSR count). The molecule has 0 bridgehead atoms. The first-order valence-corrected chi connectivity index (χ1v) is 6.01. The molecular weight excluding hydrogens is 168 g/mol. The first-order valence-electron chi connectivity index (χ1n) is 4.61. The van der Waals surface area contributed by atoms with Crippen molar-refractivity contribution < 1.29 is 0 Å². The second-order valence-corrected chi connectivity index (χ2v) is 4.57. The van der Waals surface area contributed by atoms with Gasteiger partial charge in [0.05, 0.1) is 0 Å². The summed E-state index contributed by atoms with van der Waals surface area (Å²) in [5, 5.41) is 0. The summed E-state index contributed by atoms with van der Waals surface area (Å²) >= 11 is 1.93. The first kappa shape index (κ1) is 10.4. The van der Waals surface area contributed by atoms with Crippen LogP contribution in [0.25, 0.3) is 0 Å². The third kappa shape index (κ3) is 2.96. The van der Waals surface area contributed by atoms with E-state index in [0.717, 1.165) is 6.04 Å². The van der Waals surface area contributed by atoms with Crippen LogP contribution in [-0.4, -0.2) is 55.2 Å². The highest BCUT2D eigenvalue weighted by Gasteiger charge is 2.19. The van der Waals surface area contributed by atoms with Crippen LogP contribution in [0.15, 0.2) is 0 Å². The van der Waals surface area contributed by atoms with Gasteiger partial charge in [-0.1, -0.05) is 0 Å². The predicted octanol–water partition coefficient (Wildman–Crippen LogP) is 1.33. The minimum Gasteiger partial charge on any atom is -0.306 e. The Balaban J connectivity index is 2.20. The Morgan fingerprint density at radius 1 is 1.33 bits per heavy atom. The van der Waals surface area contributed by atoms with E-state index in [4.69, 9.17) is 0 Å². The molecule has 1 fully saturated rings. The average molecular weight is 188 g/mol. The molecule has 3 heteroatoms. The van der Waals surface area contributed by atoms with E-state index in [2.05, 4.69) is 30.2 Å². The zero-order valence-corrected chi connectivity index (χ0v) is 9.23. The molecule has 1 aliphatic rings. The van der Waals surface area contributed by atoms with Crippen molar-refractivity contribution in [2.24, 2.45) is 0 Å². The number of rotatable bonds is 3. The van der Waals surface area contributed by atoms with Gasteiger partial charge < -0.3 is 4.90 Å². The molecule has 0 aromatic carbocycles. The van der Waals surface area contributed by atoms with E-state index in [1.165, 1.54) is 31.8 Å². The van der Waals surface area contributed by atoms with Crippen LogP contribution < -0.4 is 0 Å². The Morgan fingerprint density at radius 2 is 1.92 bits per heavy atom. The fraction of sp³-hybridized carbons (Fsp3) is 1.00. The van der Waals surface area contributed by atoms with Crippen molar-refractivity contribution >= 4 is 11.8 Å². The topological polar surface area (TPSA) is 6.48 Å². The van der Waals surface area contributed by atoms with E-state index in [0.29, 0.717) is 0 Å². The van der Waals surface area contributed by atoms with Crippen molar-refractivity contribution in [1.29, 1.82) is 0 Å². The van der Waals surface area contributed by atoms with Gasteiger partial charge in [-0.25, -0.2) is 0 Å². The van der Waals surface area contributed by atoms with Gasteiger partial charge in [0.2, 0.25) is 0 Å².